The van der Waals surface area contributed by atoms with E-state index < -0.39 is 8.56 Å². The van der Waals surface area contributed by atoms with E-state index in [1.807, 2.05) is 0 Å². The fraction of sp³-hybridized carbons (Fsp3) is 0.714. The van der Waals surface area contributed by atoms with Gasteiger partial charge in [0.1, 0.15) is 0 Å². The van der Waals surface area contributed by atoms with E-state index >= 15 is 0 Å². The van der Waals surface area contributed by atoms with Crippen molar-refractivity contribution in [2.24, 2.45) is 0 Å². The molecular formula is C14H24O2Si. The van der Waals surface area contributed by atoms with E-state index in [0.29, 0.717) is 0 Å². The average Bonchev–Trinajstić information content (AvgIpc) is 1.91. The predicted octanol–water partition coefficient (Wildman–Crippen LogP) is 3.80. The highest BCUT2D eigenvalue weighted by Crippen LogP contribution is 2.41. The molecule has 0 unspecified atom stereocenters. The lowest BCUT2D eigenvalue weighted by Crippen LogP contribution is -2.52. The van der Waals surface area contributed by atoms with Gasteiger partial charge in [-0.25, -0.2) is 0 Å². The van der Waals surface area contributed by atoms with Gasteiger partial charge in [0.25, 0.3) is 0 Å². The summed E-state index contributed by atoms with van der Waals surface area (Å²) in [5.74, 6) is 0. The molecule has 0 saturated carbocycles. The fourth-order valence-corrected chi connectivity index (χ4v) is 6.55. The van der Waals surface area contributed by atoms with Gasteiger partial charge in [0.2, 0.25) is 0 Å². The first-order chi connectivity index (χ1) is 8.04. The minimum absolute atomic E-state index is 0.239. The van der Waals surface area contributed by atoms with Crippen LogP contribution in [0.1, 0.15) is 53.4 Å². The SMILES string of the molecule is CC(C)O[Si](OC(C)C)(C1=CCC1)C1=CCC1. The van der Waals surface area contributed by atoms with Crippen molar-refractivity contribution in [1.82, 2.24) is 0 Å². The summed E-state index contributed by atoms with van der Waals surface area (Å²) in [6, 6.07) is 0. The Balaban J connectivity index is 2.29. The monoisotopic (exact) mass is 252 g/mol. The molecule has 2 aliphatic rings. The van der Waals surface area contributed by atoms with Crippen molar-refractivity contribution < 1.29 is 8.85 Å². The predicted molar refractivity (Wildman–Crippen MR) is 72.8 cm³/mol. The van der Waals surface area contributed by atoms with Crippen molar-refractivity contribution in [3.63, 3.8) is 0 Å². The van der Waals surface area contributed by atoms with Crippen molar-refractivity contribution in [1.29, 1.82) is 0 Å². The molecule has 0 radical (unpaired) electrons. The largest absolute Gasteiger partial charge is 0.398 e. The van der Waals surface area contributed by atoms with Crippen LogP contribution in [0.4, 0.5) is 0 Å². The molecule has 0 aromatic rings. The highest BCUT2D eigenvalue weighted by molar-refractivity contribution is 6.82. The van der Waals surface area contributed by atoms with Crippen LogP contribution in [0, 0.1) is 0 Å². The Bertz CT molecular complexity index is 308. The molecule has 0 amide bonds. The summed E-state index contributed by atoms with van der Waals surface area (Å²) in [6.07, 6.45) is 9.87. The number of rotatable bonds is 6. The van der Waals surface area contributed by atoms with Crippen LogP contribution in [0.5, 0.6) is 0 Å². The van der Waals surface area contributed by atoms with Gasteiger partial charge >= 0.3 is 8.56 Å². The van der Waals surface area contributed by atoms with Gasteiger partial charge in [-0.1, -0.05) is 12.2 Å². The standard InChI is InChI=1S/C14H24O2Si/c1-11(2)15-17(16-12(3)4,13-7-5-8-13)14-9-6-10-14/h7,9,11-12H,5-6,8,10H2,1-4H3. The summed E-state index contributed by atoms with van der Waals surface area (Å²) in [6.45, 7) is 8.46. The molecule has 2 rings (SSSR count). The van der Waals surface area contributed by atoms with Crippen molar-refractivity contribution in [2.45, 2.75) is 65.6 Å². The summed E-state index contributed by atoms with van der Waals surface area (Å²) in [4.78, 5) is 0. The first kappa shape index (κ1) is 13.1. The molecule has 0 heterocycles. The Kier molecular flexibility index (Phi) is 3.91. The topological polar surface area (TPSA) is 18.5 Å². The minimum atomic E-state index is -2.23. The summed E-state index contributed by atoms with van der Waals surface area (Å²) >= 11 is 0. The van der Waals surface area contributed by atoms with Crippen molar-refractivity contribution in [3.05, 3.63) is 22.5 Å². The number of hydrogen-bond acceptors (Lipinski definition) is 2. The van der Waals surface area contributed by atoms with E-state index in [0.717, 1.165) is 0 Å². The number of allylic oxidation sites excluding steroid dienone is 4. The van der Waals surface area contributed by atoms with Crippen LogP contribution in [0.2, 0.25) is 0 Å². The van der Waals surface area contributed by atoms with Gasteiger partial charge < -0.3 is 8.85 Å². The zero-order valence-electron chi connectivity index (χ0n) is 11.5. The van der Waals surface area contributed by atoms with E-state index in [9.17, 15) is 0 Å². The Hall–Kier alpha value is -0.383. The Labute approximate surface area is 106 Å². The second-order valence-electron chi connectivity index (χ2n) is 5.49. The molecule has 0 spiro atoms. The van der Waals surface area contributed by atoms with Gasteiger partial charge in [-0.3, -0.25) is 0 Å². The Morgan fingerprint density at radius 2 is 1.24 bits per heavy atom. The quantitative estimate of drug-likeness (QED) is 0.669. The van der Waals surface area contributed by atoms with E-state index in [-0.39, 0.29) is 12.2 Å². The molecule has 2 nitrogen and oxygen atoms in total. The van der Waals surface area contributed by atoms with Crippen molar-refractivity contribution >= 4 is 8.56 Å². The van der Waals surface area contributed by atoms with Gasteiger partial charge in [0.15, 0.2) is 0 Å². The third kappa shape index (κ3) is 2.56. The highest BCUT2D eigenvalue weighted by atomic mass is 28.4. The Morgan fingerprint density at radius 1 is 0.882 bits per heavy atom. The van der Waals surface area contributed by atoms with Crippen molar-refractivity contribution in [3.8, 4) is 0 Å². The van der Waals surface area contributed by atoms with Gasteiger partial charge in [0, 0.05) is 12.2 Å². The molecule has 2 aliphatic carbocycles. The smallest absolute Gasteiger partial charge is 0.386 e. The first-order valence-corrected chi connectivity index (χ1v) is 8.61. The van der Waals surface area contributed by atoms with Gasteiger partial charge in [0.05, 0.1) is 0 Å². The molecule has 0 bridgehead atoms. The maximum atomic E-state index is 6.34. The highest BCUT2D eigenvalue weighted by Gasteiger charge is 2.49. The van der Waals surface area contributed by atoms with Crippen LogP contribution < -0.4 is 0 Å². The molecule has 0 atom stereocenters. The maximum absolute atomic E-state index is 6.34. The van der Waals surface area contributed by atoms with Crippen LogP contribution in [0.15, 0.2) is 22.5 Å². The van der Waals surface area contributed by atoms with Crippen LogP contribution in [0.25, 0.3) is 0 Å². The summed E-state index contributed by atoms with van der Waals surface area (Å²) < 4.78 is 12.7. The Morgan fingerprint density at radius 3 is 1.41 bits per heavy atom. The van der Waals surface area contributed by atoms with Gasteiger partial charge in [-0.15, -0.1) is 0 Å². The van der Waals surface area contributed by atoms with Crippen LogP contribution in [-0.4, -0.2) is 20.8 Å². The third-order valence-corrected chi connectivity index (χ3v) is 7.46. The molecule has 0 N–H and O–H groups in total. The molecule has 0 aromatic heterocycles. The lowest BCUT2D eigenvalue weighted by molar-refractivity contribution is 0.115. The average molecular weight is 252 g/mol. The lowest BCUT2D eigenvalue weighted by Gasteiger charge is -2.42. The molecule has 0 fully saturated rings. The normalized spacial score (nSPS) is 19.9. The van der Waals surface area contributed by atoms with E-state index in [4.69, 9.17) is 8.85 Å². The second kappa shape index (κ2) is 5.08. The minimum Gasteiger partial charge on any atom is -0.386 e. The first-order valence-electron chi connectivity index (χ1n) is 6.79. The fourth-order valence-electron chi connectivity index (χ4n) is 2.38. The van der Waals surface area contributed by atoms with E-state index in [1.165, 1.54) is 36.1 Å². The molecule has 96 valence electrons. The van der Waals surface area contributed by atoms with Crippen molar-refractivity contribution in [2.75, 3.05) is 0 Å². The van der Waals surface area contributed by atoms with E-state index in [2.05, 4.69) is 39.8 Å². The van der Waals surface area contributed by atoms with E-state index in [1.54, 1.807) is 0 Å². The lowest BCUT2D eigenvalue weighted by atomic mass is 10.1. The second-order valence-corrected chi connectivity index (χ2v) is 8.47. The third-order valence-electron chi connectivity index (χ3n) is 3.26. The molecule has 0 aromatic carbocycles. The maximum Gasteiger partial charge on any atom is 0.398 e. The van der Waals surface area contributed by atoms with Gasteiger partial charge in [-0.05, 0) is 63.8 Å². The molecule has 17 heavy (non-hydrogen) atoms. The van der Waals surface area contributed by atoms with Crippen LogP contribution >= 0.6 is 0 Å². The molecular weight excluding hydrogens is 228 g/mol. The van der Waals surface area contributed by atoms with Crippen LogP contribution in [0.3, 0.4) is 0 Å². The van der Waals surface area contributed by atoms with Gasteiger partial charge in [-0.2, -0.15) is 0 Å². The molecule has 0 aliphatic heterocycles. The summed E-state index contributed by atoms with van der Waals surface area (Å²) in [5, 5.41) is 2.93. The zero-order valence-corrected chi connectivity index (χ0v) is 12.5. The number of hydrogen-bond donors (Lipinski definition) is 0. The molecule has 3 heteroatoms. The van der Waals surface area contributed by atoms with Crippen LogP contribution in [-0.2, 0) is 8.85 Å². The zero-order chi connectivity index (χ0) is 12.5. The summed E-state index contributed by atoms with van der Waals surface area (Å²) in [7, 11) is -2.23. The summed E-state index contributed by atoms with van der Waals surface area (Å²) in [5.41, 5.74) is 0. The molecule has 0 saturated heterocycles.